The first-order valence-electron chi connectivity index (χ1n) is 5.54. The van der Waals surface area contributed by atoms with Crippen molar-refractivity contribution in [3.8, 4) is 0 Å². The molecule has 0 amide bonds. The second kappa shape index (κ2) is 4.92. The first-order valence-corrected chi connectivity index (χ1v) is 5.54. The average molecular weight is 190 g/mol. The number of hydrogen-bond acceptors (Lipinski definition) is 0. The molecule has 0 nitrogen and oxygen atoms in total. The van der Waals surface area contributed by atoms with Crippen LogP contribution in [0.5, 0.6) is 0 Å². The van der Waals surface area contributed by atoms with Gasteiger partial charge in [-0.15, -0.1) is 0 Å². The van der Waals surface area contributed by atoms with Crippen LogP contribution in [0.25, 0.3) is 0 Å². The van der Waals surface area contributed by atoms with Crippen LogP contribution in [0.3, 0.4) is 0 Å². The van der Waals surface area contributed by atoms with Crippen molar-refractivity contribution < 1.29 is 8.78 Å². The van der Waals surface area contributed by atoms with Gasteiger partial charge in [0, 0.05) is 12.3 Å². The van der Waals surface area contributed by atoms with E-state index in [0.717, 1.165) is 38.5 Å². The van der Waals surface area contributed by atoms with E-state index >= 15 is 0 Å². The van der Waals surface area contributed by atoms with E-state index in [9.17, 15) is 8.78 Å². The highest BCUT2D eigenvalue weighted by atomic mass is 19.3. The molecule has 0 unspecified atom stereocenters. The van der Waals surface area contributed by atoms with E-state index in [2.05, 4.69) is 0 Å². The van der Waals surface area contributed by atoms with Crippen LogP contribution in [0.1, 0.15) is 58.3 Å². The summed E-state index contributed by atoms with van der Waals surface area (Å²) in [4.78, 5) is 0. The van der Waals surface area contributed by atoms with Crippen LogP contribution >= 0.6 is 0 Å². The Morgan fingerprint density at radius 1 is 1.15 bits per heavy atom. The van der Waals surface area contributed by atoms with Gasteiger partial charge < -0.3 is 0 Å². The molecule has 0 N–H and O–H groups in total. The summed E-state index contributed by atoms with van der Waals surface area (Å²) in [6.45, 7) is 1.97. The summed E-state index contributed by atoms with van der Waals surface area (Å²) in [5.41, 5.74) is 0. The molecule has 0 aromatic heterocycles. The van der Waals surface area contributed by atoms with Gasteiger partial charge in [0.1, 0.15) is 0 Å². The van der Waals surface area contributed by atoms with Gasteiger partial charge in [-0.2, -0.15) is 0 Å². The molecule has 1 fully saturated rings. The predicted octanol–water partition coefficient (Wildman–Crippen LogP) is 4.39. The van der Waals surface area contributed by atoms with Gasteiger partial charge in [-0.25, -0.2) is 8.78 Å². The lowest BCUT2D eigenvalue weighted by molar-refractivity contribution is -0.0786. The molecule has 78 valence electrons. The lowest BCUT2D eigenvalue weighted by atomic mass is 9.83. The molecule has 0 atom stereocenters. The topological polar surface area (TPSA) is 0 Å². The van der Waals surface area contributed by atoms with E-state index in [1.54, 1.807) is 0 Å². The summed E-state index contributed by atoms with van der Waals surface area (Å²) in [5.74, 6) is -2.69. The fourth-order valence-electron chi connectivity index (χ4n) is 2.14. The zero-order chi connectivity index (χ0) is 9.73. The number of hydrogen-bond donors (Lipinski definition) is 0. The third-order valence-electron chi connectivity index (χ3n) is 3.07. The number of alkyl halides is 2. The molecule has 13 heavy (non-hydrogen) atoms. The van der Waals surface area contributed by atoms with Gasteiger partial charge >= 0.3 is 0 Å². The lowest BCUT2D eigenvalue weighted by Crippen LogP contribution is -2.29. The van der Waals surface area contributed by atoms with Crippen molar-refractivity contribution in [3.63, 3.8) is 0 Å². The SMILES string of the molecule is CCCCC(F)(F)C1CCCCC1. The predicted molar refractivity (Wildman–Crippen MR) is 51.0 cm³/mol. The standard InChI is InChI=1S/C11H20F2/c1-2-3-9-11(12,13)10-7-5-4-6-8-10/h10H,2-9H2,1H3. The molecular weight excluding hydrogens is 170 g/mol. The summed E-state index contributed by atoms with van der Waals surface area (Å²) in [6.07, 6.45) is 6.31. The van der Waals surface area contributed by atoms with Crippen molar-refractivity contribution in [2.24, 2.45) is 5.92 Å². The quantitative estimate of drug-likeness (QED) is 0.616. The largest absolute Gasteiger partial charge is 0.250 e. The summed E-state index contributed by atoms with van der Waals surface area (Å²) in [7, 11) is 0. The maximum absolute atomic E-state index is 13.5. The fourth-order valence-corrected chi connectivity index (χ4v) is 2.14. The average Bonchev–Trinajstić information content (AvgIpc) is 2.16. The van der Waals surface area contributed by atoms with Crippen molar-refractivity contribution in [2.45, 2.75) is 64.2 Å². The molecule has 0 aromatic rings. The van der Waals surface area contributed by atoms with Crippen LogP contribution < -0.4 is 0 Å². The molecule has 0 saturated heterocycles. The Kier molecular flexibility index (Phi) is 4.14. The zero-order valence-corrected chi connectivity index (χ0v) is 8.49. The number of unbranched alkanes of at least 4 members (excludes halogenated alkanes) is 1. The molecule has 0 aromatic carbocycles. The molecule has 0 bridgehead atoms. The van der Waals surface area contributed by atoms with Gasteiger partial charge in [0.2, 0.25) is 0 Å². The van der Waals surface area contributed by atoms with Crippen LogP contribution in [0, 0.1) is 5.92 Å². The lowest BCUT2D eigenvalue weighted by Gasteiger charge is -2.29. The Balaban J connectivity index is 2.36. The minimum atomic E-state index is -2.38. The first-order chi connectivity index (χ1) is 6.17. The van der Waals surface area contributed by atoms with Gasteiger partial charge in [-0.3, -0.25) is 0 Å². The van der Waals surface area contributed by atoms with E-state index in [4.69, 9.17) is 0 Å². The van der Waals surface area contributed by atoms with Crippen LogP contribution in [-0.2, 0) is 0 Å². The van der Waals surface area contributed by atoms with Crippen molar-refractivity contribution in [3.05, 3.63) is 0 Å². The van der Waals surface area contributed by atoms with Gasteiger partial charge in [0.15, 0.2) is 0 Å². The second-order valence-electron chi connectivity index (χ2n) is 4.20. The van der Waals surface area contributed by atoms with Crippen LogP contribution in [0.2, 0.25) is 0 Å². The van der Waals surface area contributed by atoms with Crippen molar-refractivity contribution in [1.82, 2.24) is 0 Å². The summed E-state index contributed by atoms with van der Waals surface area (Å²) in [5, 5.41) is 0. The summed E-state index contributed by atoms with van der Waals surface area (Å²) >= 11 is 0. The van der Waals surface area contributed by atoms with E-state index in [1.165, 1.54) is 0 Å². The van der Waals surface area contributed by atoms with Gasteiger partial charge in [0.25, 0.3) is 5.92 Å². The highest BCUT2D eigenvalue weighted by molar-refractivity contribution is 4.79. The molecule has 1 rings (SSSR count). The van der Waals surface area contributed by atoms with Crippen LogP contribution in [0.15, 0.2) is 0 Å². The molecule has 1 saturated carbocycles. The Bertz CT molecular complexity index is 137. The molecule has 0 radical (unpaired) electrons. The second-order valence-corrected chi connectivity index (χ2v) is 4.20. The summed E-state index contributed by atoms with van der Waals surface area (Å²) < 4.78 is 27.0. The van der Waals surface area contributed by atoms with E-state index in [0.29, 0.717) is 6.42 Å². The Hall–Kier alpha value is -0.140. The molecule has 0 spiro atoms. The maximum Gasteiger partial charge on any atom is 0.250 e. The van der Waals surface area contributed by atoms with E-state index < -0.39 is 5.92 Å². The normalized spacial score (nSPS) is 20.5. The van der Waals surface area contributed by atoms with E-state index in [1.807, 2.05) is 6.92 Å². The molecule has 0 heterocycles. The molecule has 1 aliphatic rings. The highest BCUT2D eigenvalue weighted by Gasteiger charge is 2.38. The van der Waals surface area contributed by atoms with Crippen molar-refractivity contribution in [1.29, 1.82) is 0 Å². The van der Waals surface area contributed by atoms with Crippen LogP contribution in [-0.4, -0.2) is 5.92 Å². The zero-order valence-electron chi connectivity index (χ0n) is 8.49. The number of halogens is 2. The number of rotatable bonds is 4. The first kappa shape index (κ1) is 10.9. The third kappa shape index (κ3) is 3.24. The molecule has 1 aliphatic carbocycles. The van der Waals surface area contributed by atoms with Gasteiger partial charge in [-0.1, -0.05) is 32.6 Å². The molecule has 2 heteroatoms. The van der Waals surface area contributed by atoms with Gasteiger partial charge in [-0.05, 0) is 19.3 Å². The van der Waals surface area contributed by atoms with E-state index in [-0.39, 0.29) is 12.3 Å². The fraction of sp³-hybridized carbons (Fsp3) is 1.00. The van der Waals surface area contributed by atoms with Crippen molar-refractivity contribution in [2.75, 3.05) is 0 Å². The maximum atomic E-state index is 13.5. The molecular formula is C11H20F2. The monoisotopic (exact) mass is 190 g/mol. The third-order valence-corrected chi connectivity index (χ3v) is 3.07. The smallest absolute Gasteiger partial charge is 0.207 e. The van der Waals surface area contributed by atoms with Gasteiger partial charge in [0.05, 0.1) is 0 Å². The molecule has 0 aliphatic heterocycles. The highest BCUT2D eigenvalue weighted by Crippen LogP contribution is 2.39. The summed E-state index contributed by atoms with van der Waals surface area (Å²) in [6, 6.07) is 0. The van der Waals surface area contributed by atoms with Crippen LogP contribution in [0.4, 0.5) is 8.78 Å². The Morgan fingerprint density at radius 2 is 1.77 bits per heavy atom. The van der Waals surface area contributed by atoms with Crippen molar-refractivity contribution >= 4 is 0 Å². The minimum absolute atomic E-state index is 0.105. The Labute approximate surface area is 79.7 Å². The Morgan fingerprint density at radius 3 is 2.31 bits per heavy atom. The minimum Gasteiger partial charge on any atom is -0.207 e.